The number of nitrogens with zero attached hydrogens (tertiary/aromatic N) is 4. The number of allylic oxidation sites excluding steroid dienone is 1. The molecule has 1 aliphatic rings. The second kappa shape index (κ2) is 11.0. The molecule has 5 unspecified atom stereocenters. The monoisotopic (exact) mass is 547 g/mol. The Kier molecular flexibility index (Phi) is 9.27. The predicted octanol–water partition coefficient (Wildman–Crippen LogP) is 0.859. The Morgan fingerprint density at radius 2 is 1.88 bits per heavy atom. The number of nitrogen functional groups attached to an aromatic ring is 1. The smallest absolute Gasteiger partial charge is 0.388 e. The van der Waals surface area contributed by atoms with E-state index in [4.69, 9.17) is 20.3 Å². The third kappa shape index (κ3) is 7.99. The second-order valence-electron chi connectivity index (χ2n) is 6.74. The first-order valence-corrected chi connectivity index (χ1v) is 13.7. The lowest BCUT2D eigenvalue weighted by atomic mass is 10.2. The number of ether oxygens (including phenoxy) is 1. The van der Waals surface area contributed by atoms with Gasteiger partial charge in [-0.3, -0.25) is 4.52 Å². The summed E-state index contributed by atoms with van der Waals surface area (Å²) in [4.78, 5) is 49.1. The SMILES string of the molecule is C=Nc1nc(N)c(C)c(N(C=CC)C2OC(COP(=O)(O)OP(=O)(O)OP(=O)(O)O)CC2O)n1. The number of rotatable bonds is 11. The van der Waals surface area contributed by atoms with E-state index in [1.54, 1.807) is 19.9 Å². The Morgan fingerprint density at radius 1 is 1.24 bits per heavy atom. The molecule has 1 saturated heterocycles. The fourth-order valence-electron chi connectivity index (χ4n) is 2.84. The molecule has 20 heteroatoms. The standard InChI is InChI=1S/C14H24N5O12P3/c1-4-5-19(12-8(2)11(15)17-14(16-3)18-12)13-10(20)6-9(29-13)7-28-33(24,25)31-34(26,27)30-32(21,22)23/h4-5,9-10,13,20H,3,6-7H2,1-2H3,(H,24,25)(H,26,27)(H2,15,17,18)(H2,21,22,23). The predicted molar refractivity (Wildman–Crippen MR) is 117 cm³/mol. The van der Waals surface area contributed by atoms with Crippen LogP contribution in [0.5, 0.6) is 0 Å². The first-order valence-electron chi connectivity index (χ1n) is 9.21. The van der Waals surface area contributed by atoms with E-state index in [1.807, 2.05) is 0 Å². The Morgan fingerprint density at radius 3 is 2.44 bits per heavy atom. The normalized spacial score (nSPS) is 24.6. The number of anilines is 2. The summed E-state index contributed by atoms with van der Waals surface area (Å²) in [5.41, 5.74) is 6.33. The molecule has 1 aromatic heterocycles. The van der Waals surface area contributed by atoms with Crippen LogP contribution in [-0.4, -0.2) is 66.4 Å². The molecule has 2 heterocycles. The van der Waals surface area contributed by atoms with E-state index in [9.17, 15) is 28.6 Å². The topological polar surface area (TPSA) is 257 Å². The Labute approximate surface area is 193 Å². The van der Waals surface area contributed by atoms with Crippen LogP contribution in [0, 0.1) is 6.92 Å². The molecule has 0 amide bonds. The van der Waals surface area contributed by atoms with Gasteiger partial charge in [0.25, 0.3) is 5.95 Å². The van der Waals surface area contributed by atoms with Gasteiger partial charge in [-0.25, -0.2) is 18.7 Å². The van der Waals surface area contributed by atoms with Crippen LogP contribution in [-0.2, 0) is 31.6 Å². The molecule has 1 aromatic rings. The van der Waals surface area contributed by atoms with E-state index in [0.717, 1.165) is 0 Å². The third-order valence-electron chi connectivity index (χ3n) is 4.12. The van der Waals surface area contributed by atoms with Crippen molar-refractivity contribution in [2.24, 2.45) is 4.99 Å². The van der Waals surface area contributed by atoms with Crippen LogP contribution in [0.1, 0.15) is 18.9 Å². The molecule has 1 aliphatic heterocycles. The maximum atomic E-state index is 11.9. The second-order valence-corrected chi connectivity index (χ2v) is 11.2. The van der Waals surface area contributed by atoms with Gasteiger partial charge >= 0.3 is 23.5 Å². The van der Waals surface area contributed by atoms with E-state index >= 15 is 0 Å². The van der Waals surface area contributed by atoms with Crippen molar-refractivity contribution in [3.05, 3.63) is 17.8 Å². The fraction of sp³-hybridized carbons (Fsp3) is 0.500. The number of aliphatic hydroxyl groups is 1. The van der Waals surface area contributed by atoms with E-state index < -0.39 is 48.5 Å². The summed E-state index contributed by atoms with van der Waals surface area (Å²) in [6, 6.07) is 0. The van der Waals surface area contributed by atoms with Crippen molar-refractivity contribution in [3.8, 4) is 0 Å². The summed E-state index contributed by atoms with van der Waals surface area (Å²) < 4.78 is 51.5. The van der Waals surface area contributed by atoms with Gasteiger partial charge in [0.15, 0.2) is 6.23 Å². The largest absolute Gasteiger partial charge is 0.490 e. The minimum Gasteiger partial charge on any atom is -0.388 e. The van der Waals surface area contributed by atoms with Gasteiger partial charge in [0.05, 0.1) is 12.7 Å². The van der Waals surface area contributed by atoms with Crippen LogP contribution in [0.25, 0.3) is 0 Å². The van der Waals surface area contributed by atoms with Crippen LogP contribution in [0.4, 0.5) is 17.6 Å². The lowest BCUT2D eigenvalue weighted by molar-refractivity contribution is -0.00655. The van der Waals surface area contributed by atoms with Crippen molar-refractivity contribution < 1.29 is 56.3 Å². The minimum atomic E-state index is -5.65. The van der Waals surface area contributed by atoms with Crippen molar-refractivity contribution >= 4 is 47.8 Å². The number of hydrogen-bond acceptors (Lipinski definition) is 13. The minimum absolute atomic E-state index is 0.0238. The van der Waals surface area contributed by atoms with Gasteiger partial charge in [0.1, 0.15) is 17.7 Å². The van der Waals surface area contributed by atoms with Gasteiger partial charge in [-0.1, -0.05) is 6.08 Å². The van der Waals surface area contributed by atoms with Gasteiger partial charge in [-0.05, 0) is 20.6 Å². The van der Waals surface area contributed by atoms with Crippen LogP contribution in [0.15, 0.2) is 17.3 Å². The summed E-state index contributed by atoms with van der Waals surface area (Å²) in [6.07, 6.45) is -0.221. The van der Waals surface area contributed by atoms with Crippen molar-refractivity contribution in [3.63, 3.8) is 0 Å². The molecule has 0 aromatic carbocycles. The van der Waals surface area contributed by atoms with Gasteiger partial charge in [-0.2, -0.15) is 18.6 Å². The van der Waals surface area contributed by atoms with E-state index in [2.05, 4.69) is 34.8 Å². The van der Waals surface area contributed by atoms with Crippen molar-refractivity contribution in [2.75, 3.05) is 17.2 Å². The summed E-state index contributed by atoms with van der Waals surface area (Å²) in [7, 11) is -16.5. The van der Waals surface area contributed by atoms with E-state index in [0.29, 0.717) is 5.56 Å². The van der Waals surface area contributed by atoms with Gasteiger partial charge in [-0.15, -0.1) is 0 Å². The molecule has 2 rings (SSSR count). The Balaban J connectivity index is 2.14. The molecule has 0 aliphatic carbocycles. The van der Waals surface area contributed by atoms with Gasteiger partial charge < -0.3 is 40.1 Å². The number of phosphoric acid groups is 3. The molecule has 0 radical (unpaired) electrons. The highest BCUT2D eigenvalue weighted by Crippen LogP contribution is 2.66. The highest BCUT2D eigenvalue weighted by atomic mass is 31.3. The molecular weight excluding hydrogens is 523 g/mol. The summed E-state index contributed by atoms with van der Waals surface area (Å²) in [5.74, 6) is 0.327. The van der Waals surface area contributed by atoms with Crippen LogP contribution in [0.3, 0.4) is 0 Å². The van der Waals surface area contributed by atoms with Crippen molar-refractivity contribution in [1.82, 2.24) is 9.97 Å². The highest BCUT2D eigenvalue weighted by Gasteiger charge is 2.43. The van der Waals surface area contributed by atoms with E-state index in [-0.39, 0.29) is 24.0 Å². The first kappa shape index (κ1) is 28.7. The summed E-state index contributed by atoms with van der Waals surface area (Å²) in [5, 5.41) is 10.5. The fourth-order valence-corrected chi connectivity index (χ4v) is 5.89. The Bertz CT molecular complexity index is 1080. The number of aromatic nitrogens is 2. The Hall–Kier alpha value is -1.58. The van der Waals surface area contributed by atoms with Crippen molar-refractivity contribution in [2.45, 2.75) is 38.7 Å². The maximum Gasteiger partial charge on any atom is 0.490 e. The molecular formula is C14H24N5O12P3. The van der Waals surface area contributed by atoms with Gasteiger partial charge in [0, 0.05) is 18.2 Å². The zero-order valence-electron chi connectivity index (χ0n) is 17.8. The quantitative estimate of drug-likeness (QED) is 0.166. The summed E-state index contributed by atoms with van der Waals surface area (Å²) >= 11 is 0. The van der Waals surface area contributed by atoms with E-state index in [1.165, 1.54) is 11.1 Å². The van der Waals surface area contributed by atoms with Crippen LogP contribution < -0.4 is 10.6 Å². The zero-order chi connectivity index (χ0) is 25.9. The molecule has 34 heavy (non-hydrogen) atoms. The molecule has 7 N–H and O–H groups in total. The molecule has 5 atom stereocenters. The molecule has 0 bridgehead atoms. The van der Waals surface area contributed by atoms with Gasteiger partial charge in [0.2, 0.25) is 0 Å². The number of aliphatic hydroxyl groups excluding tert-OH is 1. The maximum absolute atomic E-state index is 11.9. The lowest BCUT2D eigenvalue weighted by Gasteiger charge is -2.29. The number of aliphatic imine (C=N–C) groups is 1. The lowest BCUT2D eigenvalue weighted by Crippen LogP contribution is -2.39. The van der Waals surface area contributed by atoms with Crippen molar-refractivity contribution in [1.29, 1.82) is 0 Å². The van der Waals surface area contributed by atoms with Crippen LogP contribution in [0.2, 0.25) is 0 Å². The summed E-state index contributed by atoms with van der Waals surface area (Å²) in [6.45, 7) is 5.95. The molecule has 0 saturated carbocycles. The number of phosphoric ester groups is 1. The average molecular weight is 547 g/mol. The number of hydrogen-bond donors (Lipinski definition) is 6. The average Bonchev–Trinajstić information content (AvgIpc) is 3.04. The molecule has 1 fully saturated rings. The zero-order valence-corrected chi connectivity index (χ0v) is 20.5. The highest BCUT2D eigenvalue weighted by molar-refractivity contribution is 7.66. The third-order valence-corrected chi connectivity index (χ3v) is 7.92. The number of nitrogens with two attached hydrogens (primary N) is 1. The molecule has 17 nitrogen and oxygen atoms in total. The van der Waals surface area contributed by atoms with Crippen LogP contribution >= 0.6 is 23.5 Å². The molecule has 0 spiro atoms. The molecule has 192 valence electrons. The first-order chi connectivity index (χ1) is 15.6.